The van der Waals surface area contributed by atoms with Crippen LogP contribution in [0.2, 0.25) is 0 Å². The zero-order valence-corrected chi connectivity index (χ0v) is 17.2. The lowest BCUT2D eigenvalue weighted by atomic mass is 10.2. The molecule has 0 aliphatic carbocycles. The summed E-state index contributed by atoms with van der Waals surface area (Å²) in [7, 11) is -3.73. The van der Waals surface area contributed by atoms with E-state index in [0.29, 0.717) is 24.4 Å². The number of carbonyl (C=O) groups is 1. The van der Waals surface area contributed by atoms with Crippen molar-refractivity contribution < 1.29 is 22.5 Å². The van der Waals surface area contributed by atoms with Gasteiger partial charge in [-0.1, -0.05) is 24.2 Å². The molecule has 3 rings (SSSR count). The molecular weight excluding hydrogens is 396 g/mol. The van der Waals surface area contributed by atoms with Gasteiger partial charge in [-0.2, -0.15) is 4.98 Å². The Morgan fingerprint density at radius 1 is 1.24 bits per heavy atom. The second-order valence-corrected chi connectivity index (χ2v) is 8.16. The molecule has 0 atom stereocenters. The molecule has 0 aliphatic heterocycles. The van der Waals surface area contributed by atoms with Gasteiger partial charge in [0.15, 0.2) is 12.4 Å². The molecule has 2 aromatic heterocycles. The maximum Gasteiger partial charge on any atom is 0.340 e. The summed E-state index contributed by atoms with van der Waals surface area (Å²) < 4.78 is 35.0. The molecule has 0 amide bonds. The van der Waals surface area contributed by atoms with Crippen LogP contribution in [-0.2, 0) is 34.3 Å². The van der Waals surface area contributed by atoms with E-state index in [0.717, 1.165) is 17.0 Å². The maximum absolute atomic E-state index is 12.5. The number of aryl methyl sites for hydroxylation is 2. The highest BCUT2D eigenvalue weighted by Crippen LogP contribution is 2.19. The number of nitrogens with zero attached hydrogens (tertiary/aromatic N) is 3. The third kappa shape index (κ3) is 4.72. The highest BCUT2D eigenvalue weighted by Gasteiger charge is 2.18. The lowest BCUT2D eigenvalue weighted by molar-refractivity contribution is 0.0429. The number of sulfonamides is 1. The maximum atomic E-state index is 12.5. The predicted molar refractivity (Wildman–Crippen MR) is 104 cm³/mol. The number of rotatable bonds is 7. The molecule has 2 heterocycles. The van der Waals surface area contributed by atoms with E-state index < -0.39 is 16.0 Å². The van der Waals surface area contributed by atoms with Crippen molar-refractivity contribution >= 4 is 16.0 Å². The highest BCUT2D eigenvalue weighted by atomic mass is 32.2. The van der Waals surface area contributed by atoms with Crippen molar-refractivity contribution in [2.24, 2.45) is 5.14 Å². The first kappa shape index (κ1) is 20.7. The lowest BCUT2D eigenvalue weighted by Gasteiger charge is -2.10. The highest BCUT2D eigenvalue weighted by molar-refractivity contribution is 7.89. The van der Waals surface area contributed by atoms with Crippen LogP contribution < -0.4 is 5.14 Å². The number of ether oxygens (including phenoxy) is 1. The molecule has 29 heavy (non-hydrogen) atoms. The van der Waals surface area contributed by atoms with Crippen LogP contribution in [0.25, 0.3) is 0 Å². The first-order valence-electron chi connectivity index (χ1n) is 8.96. The minimum Gasteiger partial charge on any atom is -0.452 e. The number of benzene rings is 1. The van der Waals surface area contributed by atoms with Crippen molar-refractivity contribution in [3.05, 3.63) is 64.6 Å². The smallest absolute Gasteiger partial charge is 0.340 e. The molecule has 9 nitrogen and oxygen atoms in total. The first-order chi connectivity index (χ1) is 13.7. The average Bonchev–Trinajstić information content (AvgIpc) is 3.25. The molecule has 0 saturated heterocycles. The molecule has 0 bridgehead atoms. The molecule has 10 heteroatoms. The zero-order valence-electron chi connectivity index (χ0n) is 16.4. The summed E-state index contributed by atoms with van der Waals surface area (Å²) in [5, 5.41) is 8.89. The van der Waals surface area contributed by atoms with Gasteiger partial charge in [0.2, 0.25) is 10.0 Å². The number of aromatic nitrogens is 3. The van der Waals surface area contributed by atoms with Gasteiger partial charge in [-0.25, -0.2) is 18.4 Å². The number of primary sulfonamides is 1. The van der Waals surface area contributed by atoms with E-state index in [1.54, 1.807) is 18.2 Å². The average molecular weight is 418 g/mol. The third-order valence-electron chi connectivity index (χ3n) is 4.54. The quantitative estimate of drug-likeness (QED) is 0.581. The van der Waals surface area contributed by atoms with E-state index in [4.69, 9.17) is 14.4 Å². The zero-order chi connectivity index (χ0) is 21.2. The van der Waals surface area contributed by atoms with Crippen molar-refractivity contribution in [3.8, 4) is 0 Å². The van der Waals surface area contributed by atoms with Crippen molar-refractivity contribution in [2.45, 2.75) is 45.2 Å². The molecule has 0 spiro atoms. The van der Waals surface area contributed by atoms with E-state index in [1.807, 2.05) is 25.3 Å². The Hall–Kier alpha value is -2.98. The third-order valence-corrected chi connectivity index (χ3v) is 5.47. The van der Waals surface area contributed by atoms with E-state index >= 15 is 0 Å². The van der Waals surface area contributed by atoms with Gasteiger partial charge in [0.05, 0.1) is 10.5 Å². The largest absolute Gasteiger partial charge is 0.452 e. The van der Waals surface area contributed by atoms with Gasteiger partial charge in [0.25, 0.3) is 5.89 Å². The number of hydrogen-bond acceptors (Lipinski definition) is 7. The second-order valence-electron chi connectivity index (χ2n) is 6.59. The summed E-state index contributed by atoms with van der Waals surface area (Å²) >= 11 is 0. The molecule has 3 aromatic rings. The minimum atomic E-state index is -3.73. The summed E-state index contributed by atoms with van der Waals surface area (Å²) in [5.74, 6) is 0.326. The van der Waals surface area contributed by atoms with Crippen LogP contribution in [0.3, 0.4) is 0 Å². The molecule has 0 fully saturated rings. The Morgan fingerprint density at radius 3 is 2.52 bits per heavy atom. The summed E-state index contributed by atoms with van der Waals surface area (Å²) in [6.45, 7) is 5.99. The summed E-state index contributed by atoms with van der Waals surface area (Å²) in [6.07, 6.45) is 0.636. The normalized spacial score (nSPS) is 11.6. The van der Waals surface area contributed by atoms with E-state index in [2.05, 4.69) is 10.1 Å². The molecule has 0 aliphatic rings. The molecular formula is C19H22N4O5S. The van der Waals surface area contributed by atoms with Crippen LogP contribution in [0, 0.1) is 13.8 Å². The van der Waals surface area contributed by atoms with Gasteiger partial charge in [-0.15, -0.1) is 0 Å². The predicted octanol–water partition coefficient (Wildman–Crippen LogP) is 2.10. The molecule has 0 saturated carbocycles. The van der Waals surface area contributed by atoms with Crippen LogP contribution in [0.1, 0.15) is 45.9 Å². The Morgan fingerprint density at radius 2 is 1.93 bits per heavy atom. The summed E-state index contributed by atoms with van der Waals surface area (Å²) in [4.78, 5) is 16.6. The van der Waals surface area contributed by atoms with E-state index in [1.165, 1.54) is 12.1 Å². The van der Waals surface area contributed by atoms with Gasteiger partial charge in [0, 0.05) is 24.4 Å². The fourth-order valence-corrected chi connectivity index (χ4v) is 3.43. The number of esters is 1. The Labute approximate surface area is 168 Å². The standard InChI is InChI=1S/C19H22N4O5S/c1-4-17-21-18(28-22-17)11-27-19(24)16-9-12(2)23(13(16)3)10-14-5-7-15(8-6-14)29(20,25)26/h5-9H,4,10-11H2,1-3H3,(H2,20,25,26). The van der Waals surface area contributed by atoms with E-state index in [-0.39, 0.29) is 17.4 Å². The van der Waals surface area contributed by atoms with Crippen LogP contribution in [0.4, 0.5) is 0 Å². The van der Waals surface area contributed by atoms with Crippen molar-refractivity contribution in [1.29, 1.82) is 0 Å². The summed E-state index contributed by atoms with van der Waals surface area (Å²) in [5.41, 5.74) is 2.93. The molecule has 2 N–H and O–H groups in total. The van der Waals surface area contributed by atoms with Crippen LogP contribution in [0.15, 0.2) is 39.8 Å². The fourth-order valence-electron chi connectivity index (χ4n) is 2.92. The van der Waals surface area contributed by atoms with Gasteiger partial charge in [-0.3, -0.25) is 0 Å². The number of hydrogen-bond donors (Lipinski definition) is 1. The van der Waals surface area contributed by atoms with Crippen molar-refractivity contribution in [1.82, 2.24) is 14.7 Å². The van der Waals surface area contributed by atoms with Crippen LogP contribution in [0.5, 0.6) is 0 Å². The molecule has 154 valence electrons. The molecule has 0 unspecified atom stereocenters. The topological polar surface area (TPSA) is 130 Å². The number of carbonyl (C=O) groups excluding carboxylic acids is 1. The van der Waals surface area contributed by atoms with Crippen LogP contribution >= 0.6 is 0 Å². The molecule has 0 radical (unpaired) electrons. The first-order valence-corrected chi connectivity index (χ1v) is 10.5. The SMILES string of the molecule is CCc1noc(COC(=O)c2cc(C)n(Cc3ccc(S(N)(=O)=O)cc3)c2C)n1. The van der Waals surface area contributed by atoms with Crippen LogP contribution in [-0.4, -0.2) is 29.1 Å². The van der Waals surface area contributed by atoms with E-state index in [9.17, 15) is 13.2 Å². The van der Waals surface area contributed by atoms with Crippen molar-refractivity contribution in [2.75, 3.05) is 0 Å². The Kier molecular flexibility index (Phi) is 5.85. The number of nitrogens with two attached hydrogens (primary N) is 1. The monoisotopic (exact) mass is 418 g/mol. The lowest BCUT2D eigenvalue weighted by Crippen LogP contribution is -2.12. The van der Waals surface area contributed by atoms with Crippen molar-refractivity contribution in [3.63, 3.8) is 0 Å². The van der Waals surface area contributed by atoms with Gasteiger partial charge >= 0.3 is 5.97 Å². The van der Waals surface area contributed by atoms with Gasteiger partial charge < -0.3 is 13.8 Å². The Balaban J connectivity index is 1.73. The van der Waals surface area contributed by atoms with Gasteiger partial charge in [0.1, 0.15) is 0 Å². The Bertz CT molecular complexity index is 1130. The molecule has 1 aromatic carbocycles. The van der Waals surface area contributed by atoms with Gasteiger partial charge in [-0.05, 0) is 37.6 Å². The fraction of sp³-hybridized carbons (Fsp3) is 0.316. The second kappa shape index (κ2) is 8.18. The minimum absolute atomic E-state index is 0.0544. The summed E-state index contributed by atoms with van der Waals surface area (Å²) in [6, 6.07) is 8.06.